The van der Waals surface area contributed by atoms with E-state index in [4.69, 9.17) is 0 Å². The van der Waals surface area contributed by atoms with Crippen LogP contribution >= 0.6 is 0 Å². The molecule has 0 aromatic heterocycles. The van der Waals surface area contributed by atoms with Crippen LogP contribution in [0, 0.1) is 0 Å². The Morgan fingerprint density at radius 3 is 1.81 bits per heavy atom. The molecule has 0 unspecified atom stereocenters. The Kier molecular flexibility index (Phi) is 7.46. The van der Waals surface area contributed by atoms with Gasteiger partial charge in [-0.3, -0.25) is 9.69 Å². The Morgan fingerprint density at radius 1 is 0.815 bits per heavy atom. The van der Waals surface area contributed by atoms with Crippen molar-refractivity contribution in [1.82, 2.24) is 9.80 Å². The first-order valence-corrected chi connectivity index (χ1v) is 10.3. The Balaban J connectivity index is 1.55. The van der Waals surface area contributed by atoms with E-state index in [0.29, 0.717) is 18.5 Å². The molecule has 2 aromatic carbocycles. The van der Waals surface area contributed by atoms with Gasteiger partial charge in [-0.25, -0.2) is 0 Å². The van der Waals surface area contributed by atoms with Gasteiger partial charge < -0.3 is 4.90 Å². The van der Waals surface area contributed by atoms with E-state index in [0.717, 1.165) is 51.6 Å². The van der Waals surface area contributed by atoms with Gasteiger partial charge in [0.25, 0.3) is 0 Å². The smallest absolute Gasteiger partial charge is 0.237 e. The normalized spacial score (nSPS) is 15.5. The zero-order valence-electron chi connectivity index (χ0n) is 16.5. The summed E-state index contributed by atoms with van der Waals surface area (Å²) in [5.74, 6) is 0.299. The third kappa shape index (κ3) is 6.21. The molecule has 27 heavy (non-hydrogen) atoms. The molecule has 1 amide bonds. The summed E-state index contributed by atoms with van der Waals surface area (Å²) in [5, 5.41) is 0. The second-order valence-corrected chi connectivity index (χ2v) is 7.73. The lowest BCUT2D eigenvalue weighted by atomic mass is 9.97. The molecule has 0 bridgehead atoms. The summed E-state index contributed by atoms with van der Waals surface area (Å²) in [6, 6.07) is 21.7. The van der Waals surface area contributed by atoms with Gasteiger partial charge in [0, 0.05) is 19.1 Å². The lowest BCUT2D eigenvalue weighted by Crippen LogP contribution is -2.52. The quantitative estimate of drug-likeness (QED) is 0.666. The van der Waals surface area contributed by atoms with E-state index in [1.807, 2.05) is 7.05 Å². The van der Waals surface area contributed by atoms with Gasteiger partial charge in [0.05, 0.1) is 6.54 Å². The molecule has 1 aliphatic rings. The lowest BCUT2D eigenvalue weighted by Gasteiger charge is -2.38. The Hall–Kier alpha value is -2.13. The third-order valence-corrected chi connectivity index (χ3v) is 5.58. The van der Waals surface area contributed by atoms with Gasteiger partial charge in [-0.2, -0.15) is 0 Å². The predicted octanol–water partition coefficient (Wildman–Crippen LogP) is 4.17. The monoisotopic (exact) mass is 364 g/mol. The van der Waals surface area contributed by atoms with Crippen molar-refractivity contribution in [2.45, 2.75) is 44.6 Å². The van der Waals surface area contributed by atoms with Gasteiger partial charge in [0.15, 0.2) is 0 Å². The summed E-state index contributed by atoms with van der Waals surface area (Å²) < 4.78 is 0. The predicted molar refractivity (Wildman–Crippen MR) is 112 cm³/mol. The highest BCUT2D eigenvalue weighted by Crippen LogP contribution is 2.19. The maximum Gasteiger partial charge on any atom is 0.237 e. The zero-order valence-corrected chi connectivity index (χ0v) is 16.5. The minimum Gasteiger partial charge on any atom is -0.337 e. The first kappa shape index (κ1) is 19.6. The number of aryl methyl sites for hydroxylation is 2. The first-order chi connectivity index (χ1) is 13.2. The minimum atomic E-state index is 0.299. The van der Waals surface area contributed by atoms with Gasteiger partial charge in [-0.15, -0.1) is 0 Å². The van der Waals surface area contributed by atoms with E-state index in [1.54, 1.807) is 0 Å². The number of piperazine rings is 1. The van der Waals surface area contributed by atoms with Crippen LogP contribution in [0.5, 0.6) is 0 Å². The van der Waals surface area contributed by atoms with Crippen molar-refractivity contribution in [2.24, 2.45) is 0 Å². The van der Waals surface area contributed by atoms with E-state index >= 15 is 0 Å². The molecule has 1 heterocycles. The molecule has 3 nitrogen and oxygen atoms in total. The van der Waals surface area contributed by atoms with Crippen molar-refractivity contribution in [3.8, 4) is 0 Å². The average molecular weight is 365 g/mol. The highest BCUT2D eigenvalue weighted by atomic mass is 16.2. The summed E-state index contributed by atoms with van der Waals surface area (Å²) in [5.41, 5.74) is 2.79. The van der Waals surface area contributed by atoms with Crippen LogP contribution in [-0.4, -0.2) is 48.4 Å². The fourth-order valence-electron chi connectivity index (χ4n) is 4.02. The highest BCUT2D eigenvalue weighted by molar-refractivity contribution is 5.79. The van der Waals surface area contributed by atoms with Gasteiger partial charge in [-0.05, 0) is 56.7 Å². The topological polar surface area (TPSA) is 23.6 Å². The average Bonchev–Trinajstić information content (AvgIpc) is 2.69. The fraction of sp³-hybridized carbons (Fsp3) is 0.458. The zero-order chi connectivity index (χ0) is 18.9. The summed E-state index contributed by atoms with van der Waals surface area (Å²) in [4.78, 5) is 16.9. The van der Waals surface area contributed by atoms with E-state index in [1.165, 1.54) is 11.1 Å². The van der Waals surface area contributed by atoms with Crippen molar-refractivity contribution in [2.75, 3.05) is 26.7 Å². The Morgan fingerprint density at radius 2 is 1.33 bits per heavy atom. The van der Waals surface area contributed by atoms with Gasteiger partial charge in [0.1, 0.15) is 0 Å². The maximum atomic E-state index is 12.6. The van der Waals surface area contributed by atoms with E-state index < -0.39 is 0 Å². The number of nitrogens with zero attached hydrogens (tertiary/aromatic N) is 2. The van der Waals surface area contributed by atoms with Crippen molar-refractivity contribution in [3.05, 3.63) is 71.8 Å². The Bertz CT molecular complexity index is 641. The van der Waals surface area contributed by atoms with Crippen LogP contribution in [0.3, 0.4) is 0 Å². The fourth-order valence-corrected chi connectivity index (χ4v) is 4.02. The molecule has 0 aliphatic carbocycles. The molecule has 3 heteroatoms. The highest BCUT2D eigenvalue weighted by Gasteiger charge is 2.27. The molecule has 0 atom stereocenters. The molecule has 0 N–H and O–H groups in total. The van der Waals surface area contributed by atoms with Crippen molar-refractivity contribution in [1.29, 1.82) is 0 Å². The summed E-state index contributed by atoms with van der Waals surface area (Å²) in [6.07, 6.45) is 6.66. The van der Waals surface area contributed by atoms with Crippen LogP contribution < -0.4 is 0 Å². The molecular formula is C24H32N2O. The van der Waals surface area contributed by atoms with Crippen LogP contribution in [0.2, 0.25) is 0 Å². The molecule has 3 rings (SSSR count). The molecule has 1 fully saturated rings. The number of hydrogen-bond acceptors (Lipinski definition) is 2. The number of rotatable bonds is 9. The number of carbonyl (C=O) groups is 1. The van der Waals surface area contributed by atoms with E-state index in [9.17, 15) is 4.79 Å². The van der Waals surface area contributed by atoms with Crippen molar-refractivity contribution >= 4 is 5.91 Å². The molecule has 1 saturated heterocycles. The molecule has 0 saturated carbocycles. The number of carbonyl (C=O) groups excluding carboxylic acids is 1. The van der Waals surface area contributed by atoms with Crippen LogP contribution in [0.1, 0.15) is 36.8 Å². The SMILES string of the molecule is CN1CCN(C(CCCc2ccccc2)CCCc2ccccc2)C(=O)C1. The minimum absolute atomic E-state index is 0.299. The van der Waals surface area contributed by atoms with Crippen LogP contribution in [0.25, 0.3) is 0 Å². The number of benzene rings is 2. The Labute approximate surface area is 164 Å². The molecule has 0 spiro atoms. The van der Waals surface area contributed by atoms with E-state index in [-0.39, 0.29) is 0 Å². The largest absolute Gasteiger partial charge is 0.337 e. The van der Waals surface area contributed by atoms with Crippen LogP contribution in [0.15, 0.2) is 60.7 Å². The van der Waals surface area contributed by atoms with Gasteiger partial charge in [-0.1, -0.05) is 60.7 Å². The number of likely N-dealkylation sites (N-methyl/N-ethyl adjacent to an activating group) is 1. The third-order valence-electron chi connectivity index (χ3n) is 5.58. The van der Waals surface area contributed by atoms with Crippen molar-refractivity contribution < 1.29 is 4.79 Å². The first-order valence-electron chi connectivity index (χ1n) is 10.3. The summed E-state index contributed by atoms with van der Waals surface area (Å²) >= 11 is 0. The maximum absolute atomic E-state index is 12.6. The lowest BCUT2D eigenvalue weighted by molar-refractivity contribution is -0.138. The molecule has 2 aromatic rings. The molecule has 0 radical (unpaired) electrons. The van der Waals surface area contributed by atoms with Crippen LogP contribution in [-0.2, 0) is 17.6 Å². The van der Waals surface area contributed by atoms with Gasteiger partial charge in [0.2, 0.25) is 5.91 Å². The van der Waals surface area contributed by atoms with Crippen molar-refractivity contribution in [3.63, 3.8) is 0 Å². The van der Waals surface area contributed by atoms with Crippen LogP contribution in [0.4, 0.5) is 0 Å². The second-order valence-electron chi connectivity index (χ2n) is 7.73. The van der Waals surface area contributed by atoms with E-state index in [2.05, 4.69) is 70.5 Å². The summed E-state index contributed by atoms with van der Waals surface area (Å²) in [6.45, 7) is 2.42. The second kappa shape index (κ2) is 10.3. The molecule has 144 valence electrons. The molecular weight excluding hydrogens is 332 g/mol. The van der Waals surface area contributed by atoms with Gasteiger partial charge >= 0.3 is 0 Å². The number of amides is 1. The summed E-state index contributed by atoms with van der Waals surface area (Å²) in [7, 11) is 2.04. The standard InChI is InChI=1S/C24H32N2O/c1-25-18-19-26(24(27)20-25)23(16-8-14-21-10-4-2-5-11-21)17-9-15-22-12-6-3-7-13-22/h2-7,10-13,23H,8-9,14-20H2,1H3. The molecule has 1 aliphatic heterocycles. The number of hydrogen-bond donors (Lipinski definition) is 0.